The van der Waals surface area contributed by atoms with E-state index in [1.54, 1.807) is 13.8 Å². The van der Waals surface area contributed by atoms with Gasteiger partial charge in [-0.05, 0) is 31.5 Å². The molecule has 0 spiro atoms. The molecule has 0 saturated carbocycles. The quantitative estimate of drug-likeness (QED) is 0.891. The molecule has 0 radical (unpaired) electrons. The lowest BCUT2D eigenvalue weighted by Crippen LogP contribution is -2.19. The van der Waals surface area contributed by atoms with Gasteiger partial charge >= 0.3 is 12.3 Å². The number of halogens is 3. The van der Waals surface area contributed by atoms with Gasteiger partial charge in [0.25, 0.3) is 0 Å². The van der Waals surface area contributed by atoms with E-state index in [-0.39, 0.29) is 23.9 Å². The summed E-state index contributed by atoms with van der Waals surface area (Å²) in [5.41, 5.74) is 4.37. The highest BCUT2D eigenvalue weighted by Gasteiger charge is 2.33. The summed E-state index contributed by atoms with van der Waals surface area (Å²) in [5, 5.41) is 2.24. The zero-order chi connectivity index (χ0) is 14.6. The lowest BCUT2D eigenvalue weighted by molar-refractivity contribution is -0.138. The van der Waals surface area contributed by atoms with Crippen molar-refractivity contribution in [3.63, 3.8) is 0 Å². The number of amides is 1. The number of rotatable bonds is 3. The number of anilines is 1. The molecule has 0 aliphatic rings. The molecule has 7 heteroatoms. The van der Waals surface area contributed by atoms with Crippen molar-refractivity contribution in [3.8, 4) is 0 Å². The molecule has 0 aromatic heterocycles. The van der Waals surface area contributed by atoms with Crippen LogP contribution in [0.2, 0.25) is 0 Å². The van der Waals surface area contributed by atoms with E-state index in [4.69, 9.17) is 10.5 Å². The molecule has 0 bridgehead atoms. The monoisotopic (exact) mass is 276 g/mol. The van der Waals surface area contributed by atoms with Gasteiger partial charge in [0, 0.05) is 12.2 Å². The molecule has 0 fully saturated rings. The van der Waals surface area contributed by atoms with Gasteiger partial charge in [-0.15, -0.1) is 0 Å². The normalized spacial score (nSPS) is 11.5. The molecule has 1 rings (SSSR count). The number of ether oxygens (including phenoxy) is 1. The highest BCUT2D eigenvalue weighted by molar-refractivity contribution is 5.84. The minimum atomic E-state index is -4.52. The Morgan fingerprint density at radius 1 is 1.42 bits per heavy atom. The van der Waals surface area contributed by atoms with Crippen LogP contribution in [0.4, 0.5) is 23.7 Å². The predicted molar refractivity (Wildman–Crippen MR) is 64.6 cm³/mol. The summed E-state index contributed by atoms with van der Waals surface area (Å²) < 4.78 is 43.1. The Morgan fingerprint density at radius 3 is 2.53 bits per heavy atom. The molecular weight excluding hydrogens is 261 g/mol. The van der Waals surface area contributed by atoms with Crippen LogP contribution in [0.25, 0.3) is 0 Å². The molecular formula is C12H15F3N2O2. The van der Waals surface area contributed by atoms with Gasteiger partial charge in [0.05, 0.1) is 11.7 Å². The van der Waals surface area contributed by atoms with Crippen molar-refractivity contribution in [1.82, 2.24) is 0 Å². The Labute approximate surface area is 108 Å². The molecule has 4 nitrogen and oxygen atoms in total. The zero-order valence-corrected chi connectivity index (χ0v) is 10.5. The third-order valence-electron chi connectivity index (χ3n) is 2.22. The smallest absolute Gasteiger partial charge is 0.416 e. The minimum Gasteiger partial charge on any atom is -0.447 e. The SMILES string of the molecule is CC(C)OC(=O)Nc1ccc(CN)c(C(F)(F)F)c1. The maximum absolute atomic E-state index is 12.8. The molecule has 19 heavy (non-hydrogen) atoms. The van der Waals surface area contributed by atoms with Crippen molar-refractivity contribution in [1.29, 1.82) is 0 Å². The number of nitrogens with one attached hydrogen (secondary N) is 1. The van der Waals surface area contributed by atoms with Crippen LogP contribution in [0.5, 0.6) is 0 Å². The van der Waals surface area contributed by atoms with Gasteiger partial charge in [-0.3, -0.25) is 5.32 Å². The fourth-order valence-corrected chi connectivity index (χ4v) is 1.46. The first-order valence-electron chi connectivity index (χ1n) is 5.62. The van der Waals surface area contributed by atoms with Crippen LogP contribution in [-0.2, 0) is 17.5 Å². The van der Waals surface area contributed by atoms with E-state index in [2.05, 4.69) is 5.32 Å². The molecule has 0 saturated heterocycles. The van der Waals surface area contributed by atoms with E-state index in [9.17, 15) is 18.0 Å². The van der Waals surface area contributed by atoms with E-state index in [1.807, 2.05) is 0 Å². The predicted octanol–water partition coefficient (Wildman–Crippen LogP) is 3.12. The Morgan fingerprint density at radius 2 is 2.05 bits per heavy atom. The van der Waals surface area contributed by atoms with Crippen LogP contribution < -0.4 is 11.1 Å². The van der Waals surface area contributed by atoms with E-state index in [0.29, 0.717) is 0 Å². The fraction of sp³-hybridized carbons (Fsp3) is 0.417. The topological polar surface area (TPSA) is 64.3 Å². The number of carbonyl (C=O) groups is 1. The highest BCUT2D eigenvalue weighted by Crippen LogP contribution is 2.33. The van der Waals surface area contributed by atoms with Crippen LogP contribution in [0.1, 0.15) is 25.0 Å². The Balaban J connectivity index is 2.96. The number of alkyl halides is 3. The molecule has 1 amide bonds. The fourth-order valence-electron chi connectivity index (χ4n) is 1.46. The summed E-state index contributed by atoms with van der Waals surface area (Å²) in [6.07, 6.45) is -5.68. The van der Waals surface area contributed by atoms with E-state index in [0.717, 1.165) is 6.07 Å². The first kappa shape index (κ1) is 15.3. The lowest BCUT2D eigenvalue weighted by atomic mass is 10.1. The average Bonchev–Trinajstić information content (AvgIpc) is 2.26. The van der Waals surface area contributed by atoms with E-state index >= 15 is 0 Å². The Bertz CT molecular complexity index is 459. The van der Waals surface area contributed by atoms with Gasteiger partial charge in [-0.2, -0.15) is 13.2 Å². The van der Waals surface area contributed by atoms with Gasteiger partial charge in [-0.25, -0.2) is 4.79 Å². The van der Waals surface area contributed by atoms with Gasteiger partial charge in [-0.1, -0.05) is 6.07 Å². The van der Waals surface area contributed by atoms with Crippen molar-refractivity contribution in [3.05, 3.63) is 29.3 Å². The van der Waals surface area contributed by atoms with E-state index < -0.39 is 17.8 Å². The van der Waals surface area contributed by atoms with Crippen molar-refractivity contribution >= 4 is 11.8 Å². The van der Waals surface area contributed by atoms with Gasteiger partial charge in [0.2, 0.25) is 0 Å². The zero-order valence-electron chi connectivity index (χ0n) is 10.5. The largest absolute Gasteiger partial charge is 0.447 e. The molecule has 0 aliphatic carbocycles. The maximum Gasteiger partial charge on any atom is 0.416 e. The van der Waals surface area contributed by atoms with Crippen LogP contribution in [0.3, 0.4) is 0 Å². The third-order valence-corrected chi connectivity index (χ3v) is 2.22. The summed E-state index contributed by atoms with van der Waals surface area (Å²) in [5.74, 6) is 0. The molecule has 1 aromatic carbocycles. The second-order valence-corrected chi connectivity index (χ2v) is 4.15. The lowest BCUT2D eigenvalue weighted by Gasteiger charge is -2.14. The summed E-state index contributed by atoms with van der Waals surface area (Å²) in [4.78, 5) is 11.3. The highest BCUT2D eigenvalue weighted by atomic mass is 19.4. The molecule has 0 atom stereocenters. The second-order valence-electron chi connectivity index (χ2n) is 4.15. The van der Waals surface area contributed by atoms with Crippen molar-refractivity contribution in [2.24, 2.45) is 5.73 Å². The molecule has 0 unspecified atom stereocenters. The van der Waals surface area contributed by atoms with Crippen molar-refractivity contribution in [2.75, 3.05) is 5.32 Å². The maximum atomic E-state index is 12.8. The third kappa shape index (κ3) is 4.44. The summed E-state index contributed by atoms with van der Waals surface area (Å²) in [6, 6.07) is 3.41. The number of benzene rings is 1. The number of nitrogens with two attached hydrogens (primary N) is 1. The number of carbonyl (C=O) groups excluding carboxylic acids is 1. The Kier molecular flexibility index (Phi) is 4.77. The van der Waals surface area contributed by atoms with Gasteiger partial charge < -0.3 is 10.5 Å². The Hall–Kier alpha value is -1.76. The summed E-state index contributed by atoms with van der Waals surface area (Å²) in [6.45, 7) is 3.04. The first-order valence-corrected chi connectivity index (χ1v) is 5.62. The van der Waals surface area contributed by atoms with Gasteiger partial charge in [0.15, 0.2) is 0 Å². The molecule has 0 heterocycles. The van der Waals surface area contributed by atoms with Crippen LogP contribution >= 0.6 is 0 Å². The van der Waals surface area contributed by atoms with Crippen LogP contribution in [-0.4, -0.2) is 12.2 Å². The molecule has 106 valence electrons. The van der Waals surface area contributed by atoms with Crippen LogP contribution in [0.15, 0.2) is 18.2 Å². The number of hydrogen-bond acceptors (Lipinski definition) is 3. The molecule has 1 aromatic rings. The van der Waals surface area contributed by atoms with E-state index in [1.165, 1.54) is 12.1 Å². The first-order chi connectivity index (χ1) is 8.74. The summed E-state index contributed by atoms with van der Waals surface area (Å²) >= 11 is 0. The molecule has 0 aliphatic heterocycles. The van der Waals surface area contributed by atoms with Crippen molar-refractivity contribution in [2.45, 2.75) is 32.7 Å². The van der Waals surface area contributed by atoms with Crippen molar-refractivity contribution < 1.29 is 22.7 Å². The second kappa shape index (κ2) is 5.92. The molecule has 3 N–H and O–H groups in total. The average molecular weight is 276 g/mol. The minimum absolute atomic E-state index is 0.00942. The standard InChI is InChI=1S/C12H15F3N2O2/c1-7(2)19-11(18)17-9-4-3-8(6-16)10(5-9)12(13,14)15/h3-5,7H,6,16H2,1-2H3,(H,17,18). The van der Waals surface area contributed by atoms with Gasteiger partial charge in [0.1, 0.15) is 0 Å². The van der Waals surface area contributed by atoms with Crippen LogP contribution in [0, 0.1) is 0 Å². The number of hydrogen-bond donors (Lipinski definition) is 2. The summed E-state index contributed by atoms with van der Waals surface area (Å²) in [7, 11) is 0.